The van der Waals surface area contributed by atoms with Gasteiger partial charge in [-0.05, 0) is 11.4 Å². The zero-order valence-corrected chi connectivity index (χ0v) is 7.36. The second-order valence-corrected chi connectivity index (χ2v) is 3.39. The van der Waals surface area contributed by atoms with Crippen LogP contribution in [-0.2, 0) is 0 Å². The standard InChI is InChI=1S/C8H11NOS/c1-2-6(9)8(10)7-4-3-5-11-7/h3-6H,2,9H2,1H3/p+1/t6-/m0/s1. The summed E-state index contributed by atoms with van der Waals surface area (Å²) in [5, 5.41) is 1.91. The Morgan fingerprint density at radius 3 is 3.00 bits per heavy atom. The van der Waals surface area contributed by atoms with Gasteiger partial charge in [-0.2, -0.15) is 0 Å². The number of carbonyl (C=O) groups excluding carboxylic acids is 1. The van der Waals surface area contributed by atoms with Gasteiger partial charge in [0.05, 0.1) is 4.88 Å². The van der Waals surface area contributed by atoms with Gasteiger partial charge in [0.1, 0.15) is 6.04 Å². The van der Waals surface area contributed by atoms with Crippen molar-refractivity contribution >= 4 is 17.1 Å². The molecule has 60 valence electrons. The molecule has 0 spiro atoms. The Labute approximate surface area is 70.0 Å². The molecule has 0 aromatic carbocycles. The molecule has 0 bridgehead atoms. The lowest BCUT2D eigenvalue weighted by atomic mass is 10.1. The first-order chi connectivity index (χ1) is 5.25. The molecular weight excluding hydrogens is 158 g/mol. The van der Waals surface area contributed by atoms with E-state index in [0.717, 1.165) is 11.3 Å². The van der Waals surface area contributed by atoms with Crippen LogP contribution in [0.5, 0.6) is 0 Å². The fourth-order valence-corrected chi connectivity index (χ4v) is 1.55. The number of ketones is 1. The lowest BCUT2D eigenvalue weighted by Crippen LogP contribution is -2.64. The largest absolute Gasteiger partial charge is 0.349 e. The first-order valence-corrected chi connectivity index (χ1v) is 4.54. The quantitative estimate of drug-likeness (QED) is 0.674. The maximum atomic E-state index is 11.4. The Balaban J connectivity index is 2.70. The van der Waals surface area contributed by atoms with Crippen molar-refractivity contribution in [2.75, 3.05) is 0 Å². The van der Waals surface area contributed by atoms with Crippen molar-refractivity contribution in [2.45, 2.75) is 19.4 Å². The van der Waals surface area contributed by atoms with Crippen LogP contribution < -0.4 is 5.73 Å². The molecule has 0 unspecified atom stereocenters. The minimum Gasteiger partial charge on any atom is -0.349 e. The molecule has 0 aliphatic carbocycles. The molecule has 1 atom stereocenters. The third-order valence-corrected chi connectivity index (χ3v) is 2.51. The molecule has 0 amide bonds. The number of Topliss-reactive ketones (excluding diaryl/α,β-unsaturated/α-hetero) is 1. The van der Waals surface area contributed by atoms with Crippen LogP contribution in [0.25, 0.3) is 0 Å². The maximum absolute atomic E-state index is 11.4. The van der Waals surface area contributed by atoms with E-state index in [-0.39, 0.29) is 11.8 Å². The third-order valence-electron chi connectivity index (χ3n) is 1.63. The van der Waals surface area contributed by atoms with Gasteiger partial charge in [-0.3, -0.25) is 4.79 Å². The highest BCUT2D eigenvalue weighted by molar-refractivity contribution is 7.12. The molecule has 0 radical (unpaired) electrons. The summed E-state index contributed by atoms with van der Waals surface area (Å²) in [5.41, 5.74) is 3.77. The molecule has 1 rings (SSSR count). The average molecular weight is 170 g/mol. The SMILES string of the molecule is CC[C@H]([NH3+])C(=O)c1cccs1. The van der Waals surface area contributed by atoms with Crippen molar-refractivity contribution < 1.29 is 10.5 Å². The number of rotatable bonds is 3. The zero-order valence-electron chi connectivity index (χ0n) is 6.54. The second kappa shape index (κ2) is 3.64. The number of thiophene rings is 1. The minimum atomic E-state index is -0.0753. The van der Waals surface area contributed by atoms with Crippen molar-refractivity contribution in [1.29, 1.82) is 0 Å². The van der Waals surface area contributed by atoms with Crippen molar-refractivity contribution in [3.63, 3.8) is 0 Å². The molecule has 0 saturated carbocycles. The van der Waals surface area contributed by atoms with Crippen molar-refractivity contribution in [3.05, 3.63) is 22.4 Å². The van der Waals surface area contributed by atoms with Crippen LogP contribution in [0.3, 0.4) is 0 Å². The first kappa shape index (κ1) is 8.43. The highest BCUT2D eigenvalue weighted by atomic mass is 32.1. The third kappa shape index (κ3) is 1.88. The molecule has 0 aliphatic rings. The summed E-state index contributed by atoms with van der Waals surface area (Å²) in [4.78, 5) is 12.2. The topological polar surface area (TPSA) is 44.7 Å². The van der Waals surface area contributed by atoms with Gasteiger partial charge in [0.15, 0.2) is 0 Å². The van der Waals surface area contributed by atoms with Gasteiger partial charge in [0.2, 0.25) is 5.78 Å². The summed E-state index contributed by atoms with van der Waals surface area (Å²) < 4.78 is 0. The molecule has 0 saturated heterocycles. The monoisotopic (exact) mass is 170 g/mol. The highest BCUT2D eigenvalue weighted by Gasteiger charge is 2.17. The highest BCUT2D eigenvalue weighted by Crippen LogP contribution is 2.10. The van der Waals surface area contributed by atoms with Crippen LogP contribution in [0.1, 0.15) is 23.0 Å². The predicted molar refractivity (Wildman–Crippen MR) is 45.6 cm³/mol. The van der Waals surface area contributed by atoms with Gasteiger partial charge in [-0.15, -0.1) is 11.3 Å². The molecule has 11 heavy (non-hydrogen) atoms. The van der Waals surface area contributed by atoms with E-state index in [1.165, 1.54) is 11.3 Å². The maximum Gasteiger partial charge on any atom is 0.229 e. The lowest BCUT2D eigenvalue weighted by molar-refractivity contribution is -0.399. The van der Waals surface area contributed by atoms with Crippen LogP contribution >= 0.6 is 11.3 Å². The van der Waals surface area contributed by atoms with E-state index >= 15 is 0 Å². The Morgan fingerprint density at radius 1 is 1.82 bits per heavy atom. The smallest absolute Gasteiger partial charge is 0.229 e. The van der Waals surface area contributed by atoms with E-state index < -0.39 is 0 Å². The first-order valence-electron chi connectivity index (χ1n) is 3.66. The lowest BCUT2D eigenvalue weighted by Gasteiger charge is -2.00. The summed E-state index contributed by atoms with van der Waals surface area (Å²) in [6, 6.07) is 3.66. The van der Waals surface area contributed by atoms with Gasteiger partial charge < -0.3 is 5.73 Å². The Morgan fingerprint density at radius 2 is 2.55 bits per heavy atom. The van der Waals surface area contributed by atoms with E-state index in [9.17, 15) is 4.79 Å². The Hall–Kier alpha value is -0.670. The van der Waals surface area contributed by atoms with Gasteiger partial charge in [0.25, 0.3) is 0 Å². The van der Waals surface area contributed by atoms with E-state index in [1.807, 2.05) is 24.4 Å². The molecule has 1 aromatic rings. The summed E-state index contributed by atoms with van der Waals surface area (Å²) in [7, 11) is 0. The Kier molecular flexibility index (Phi) is 2.79. The van der Waals surface area contributed by atoms with Gasteiger partial charge >= 0.3 is 0 Å². The molecule has 0 aliphatic heterocycles. The van der Waals surface area contributed by atoms with E-state index in [1.54, 1.807) is 0 Å². The molecular formula is C8H12NOS+. The minimum absolute atomic E-state index is 0.0753. The van der Waals surface area contributed by atoms with Crippen LogP contribution in [0.4, 0.5) is 0 Å². The number of hydrogen-bond acceptors (Lipinski definition) is 2. The van der Waals surface area contributed by atoms with Gasteiger partial charge in [-0.1, -0.05) is 13.0 Å². The molecule has 3 N–H and O–H groups in total. The number of hydrogen-bond donors (Lipinski definition) is 1. The molecule has 3 heteroatoms. The van der Waals surface area contributed by atoms with Crippen LogP contribution in [-0.4, -0.2) is 11.8 Å². The average Bonchev–Trinajstić information content (AvgIpc) is 2.53. The van der Waals surface area contributed by atoms with Crippen LogP contribution in [0, 0.1) is 0 Å². The van der Waals surface area contributed by atoms with Gasteiger partial charge in [-0.25, -0.2) is 0 Å². The summed E-state index contributed by atoms with van der Waals surface area (Å²) in [6.45, 7) is 1.98. The van der Waals surface area contributed by atoms with Crippen molar-refractivity contribution in [2.24, 2.45) is 0 Å². The normalized spacial score (nSPS) is 12.9. The predicted octanol–water partition coefficient (Wildman–Crippen LogP) is 0.951. The summed E-state index contributed by atoms with van der Waals surface area (Å²) in [6.07, 6.45) is 0.816. The summed E-state index contributed by atoms with van der Waals surface area (Å²) >= 11 is 1.49. The van der Waals surface area contributed by atoms with Crippen molar-refractivity contribution in [1.82, 2.24) is 0 Å². The molecule has 2 nitrogen and oxygen atoms in total. The zero-order chi connectivity index (χ0) is 8.27. The van der Waals surface area contributed by atoms with Gasteiger partial charge in [0, 0.05) is 6.42 Å². The molecule has 1 heterocycles. The van der Waals surface area contributed by atoms with E-state index in [4.69, 9.17) is 0 Å². The van der Waals surface area contributed by atoms with Crippen LogP contribution in [0.15, 0.2) is 17.5 Å². The van der Waals surface area contributed by atoms with E-state index in [0.29, 0.717) is 0 Å². The fourth-order valence-electron chi connectivity index (χ4n) is 0.805. The van der Waals surface area contributed by atoms with E-state index in [2.05, 4.69) is 5.73 Å². The molecule has 0 fully saturated rings. The Bertz CT molecular complexity index is 230. The molecule has 1 aromatic heterocycles. The second-order valence-electron chi connectivity index (χ2n) is 2.45. The number of quaternary nitrogens is 1. The van der Waals surface area contributed by atoms with Crippen molar-refractivity contribution in [3.8, 4) is 0 Å². The number of carbonyl (C=O) groups is 1. The summed E-state index contributed by atoms with van der Waals surface area (Å²) in [5.74, 6) is 0.169. The fraction of sp³-hybridized carbons (Fsp3) is 0.375. The van der Waals surface area contributed by atoms with Crippen LogP contribution in [0.2, 0.25) is 0 Å².